The number of imidazole rings is 1. The predicted octanol–water partition coefficient (Wildman–Crippen LogP) is 4.48. The van der Waals surface area contributed by atoms with E-state index >= 15 is 0 Å². The molecule has 0 atom stereocenters. The van der Waals surface area contributed by atoms with Crippen molar-refractivity contribution in [1.82, 2.24) is 27.1 Å². The number of hydrogen-bond acceptors (Lipinski definition) is 4. The quantitative estimate of drug-likeness (QED) is 0.206. The third-order valence-corrected chi connectivity index (χ3v) is 7.30. The average Bonchev–Trinajstić information content (AvgIpc) is 3.51. The molecular weight excluding hydrogens is 597 g/mol. The fraction of sp³-hybridized carbons (Fsp3) is 0.174. The van der Waals surface area contributed by atoms with Gasteiger partial charge in [0.15, 0.2) is 0 Å². The van der Waals surface area contributed by atoms with Crippen molar-refractivity contribution < 1.29 is 0 Å². The Hall–Kier alpha value is -2.40. The zero-order valence-electron chi connectivity index (χ0n) is 17.0. The van der Waals surface area contributed by atoms with Crippen LogP contribution in [0.2, 0.25) is 0 Å². The van der Waals surface area contributed by atoms with E-state index in [9.17, 15) is 0 Å². The van der Waals surface area contributed by atoms with Gasteiger partial charge >= 0.3 is 172 Å². The zero-order valence-corrected chi connectivity index (χ0v) is 22.3. The number of thioether (sulfide) groups is 1. The van der Waals surface area contributed by atoms with E-state index in [4.69, 9.17) is 0 Å². The predicted molar refractivity (Wildman–Crippen MR) is 125 cm³/mol. The number of rotatable bonds is 8. The number of H-pyrrole nitrogens is 1. The molecule has 0 radical (unpaired) electrons. The van der Waals surface area contributed by atoms with Crippen LogP contribution in [0, 0.1) is 0 Å². The molecule has 5 rings (SSSR count). The number of aromatic amines is 1. The summed E-state index contributed by atoms with van der Waals surface area (Å²) in [7, 11) is 0. The van der Waals surface area contributed by atoms with Gasteiger partial charge in [0.05, 0.1) is 0 Å². The Morgan fingerprint density at radius 2 is 1.84 bits per heavy atom. The van der Waals surface area contributed by atoms with Crippen molar-refractivity contribution >= 4 is 48.7 Å². The normalized spacial score (nSPS) is 11.3. The molecule has 31 heavy (non-hydrogen) atoms. The summed E-state index contributed by atoms with van der Waals surface area (Å²) in [5, 5.41) is 11.3. The topological polar surface area (TPSA) is 64.3 Å². The van der Waals surface area contributed by atoms with Crippen LogP contribution in [0.1, 0.15) is 17.7 Å². The third-order valence-electron chi connectivity index (χ3n) is 5.17. The van der Waals surface area contributed by atoms with Crippen LogP contribution >= 0.6 is 11.8 Å². The second-order valence-corrected chi connectivity index (χ2v) is 10.7. The van der Waals surface area contributed by atoms with E-state index in [0.29, 0.717) is 0 Å². The van der Waals surface area contributed by atoms with E-state index in [0.717, 1.165) is 79.1 Å². The maximum absolute atomic E-state index is 4.57. The van der Waals surface area contributed by atoms with Crippen LogP contribution in [0.3, 0.4) is 0 Å². The molecule has 0 unspecified atom stereocenters. The van der Waals surface area contributed by atoms with Crippen LogP contribution < -0.4 is 0 Å². The molecular formula is C23H21N6STl. The van der Waals surface area contributed by atoms with Crippen molar-refractivity contribution in [2.45, 2.75) is 30.3 Å². The number of benzene rings is 2. The van der Waals surface area contributed by atoms with Gasteiger partial charge in [-0.3, -0.25) is 0 Å². The summed E-state index contributed by atoms with van der Waals surface area (Å²) >= 11 is 2.50. The first-order chi connectivity index (χ1) is 15.3. The van der Waals surface area contributed by atoms with Crippen LogP contribution in [0.5, 0.6) is 0 Å². The molecule has 5 aromatic rings. The van der Waals surface area contributed by atoms with Gasteiger partial charge in [0.2, 0.25) is 0 Å². The Bertz CT molecular complexity index is 1260. The van der Waals surface area contributed by atoms with E-state index in [1.165, 1.54) is 10.9 Å². The first-order valence-electron chi connectivity index (χ1n) is 10.2. The van der Waals surface area contributed by atoms with Crippen molar-refractivity contribution in [3.8, 4) is 11.5 Å². The molecule has 2 aromatic carbocycles. The molecule has 8 heteroatoms. The number of fused-ring (bicyclic) bond motifs is 1. The minimum atomic E-state index is 0.763. The van der Waals surface area contributed by atoms with Gasteiger partial charge in [-0.1, -0.05) is 30.3 Å². The monoisotopic (exact) mass is 618 g/mol. The summed E-state index contributed by atoms with van der Waals surface area (Å²) in [5.41, 5.74) is 4.56. The molecule has 1 N–H and O–H groups in total. The Balaban J connectivity index is 1.41. The van der Waals surface area contributed by atoms with Gasteiger partial charge in [0.1, 0.15) is 0 Å². The summed E-state index contributed by atoms with van der Waals surface area (Å²) in [4.78, 5) is 8.00. The maximum atomic E-state index is 4.57. The molecule has 0 aliphatic rings. The van der Waals surface area contributed by atoms with Gasteiger partial charge in [-0.15, -0.1) is 0 Å². The van der Waals surface area contributed by atoms with E-state index in [1.54, 1.807) is 11.8 Å². The summed E-state index contributed by atoms with van der Waals surface area (Å²) in [6.07, 6.45) is 6.02. The van der Waals surface area contributed by atoms with E-state index in [1.807, 2.05) is 18.5 Å². The van der Waals surface area contributed by atoms with E-state index in [-0.39, 0.29) is 0 Å². The fourth-order valence-electron chi connectivity index (χ4n) is 3.64. The Morgan fingerprint density at radius 1 is 1.00 bits per heavy atom. The number of aromatic nitrogens is 6. The zero-order chi connectivity index (χ0) is 21.0. The number of nitrogens with zero attached hydrogens (tertiary/aromatic N) is 5. The molecule has 0 aliphatic carbocycles. The Kier molecular flexibility index (Phi) is 6.21. The van der Waals surface area contributed by atoms with Gasteiger partial charge in [-0.25, -0.2) is 0 Å². The average molecular weight is 618 g/mol. The van der Waals surface area contributed by atoms with Gasteiger partial charge in [0, 0.05) is 0 Å². The van der Waals surface area contributed by atoms with Gasteiger partial charge in [-0.2, -0.15) is 0 Å². The molecule has 0 bridgehead atoms. The summed E-state index contributed by atoms with van der Waals surface area (Å²) in [6.45, 7) is 0.852. The first-order valence-corrected chi connectivity index (χ1v) is 13.2. The van der Waals surface area contributed by atoms with Gasteiger partial charge < -0.3 is 0 Å². The van der Waals surface area contributed by atoms with Gasteiger partial charge in [0.25, 0.3) is 0 Å². The van der Waals surface area contributed by atoms with Crippen molar-refractivity contribution in [3.05, 3.63) is 84.4 Å². The van der Waals surface area contributed by atoms with Gasteiger partial charge in [-0.05, 0) is 0 Å². The molecule has 0 amide bonds. The van der Waals surface area contributed by atoms with Crippen LogP contribution in [0.4, 0.5) is 0 Å². The summed E-state index contributed by atoms with van der Waals surface area (Å²) < 4.78 is 4.41. The molecule has 3 aromatic heterocycles. The SMILES string of the molecule is [Tl][n]1cnc(CCCn2c(SCc3ccccc3)nnc2-c2cc3ccccc3[nH]2)c1. The van der Waals surface area contributed by atoms with Crippen LogP contribution in [0.25, 0.3) is 22.4 Å². The van der Waals surface area contributed by atoms with E-state index in [2.05, 4.69) is 81.8 Å². The molecule has 0 aliphatic heterocycles. The second-order valence-electron chi connectivity index (χ2n) is 7.42. The number of nitrogens with one attached hydrogen (secondary N) is 1. The molecule has 0 saturated carbocycles. The van der Waals surface area contributed by atoms with Crippen molar-refractivity contribution in [1.29, 1.82) is 0 Å². The van der Waals surface area contributed by atoms with Crippen LogP contribution in [0.15, 0.2) is 78.3 Å². The van der Waals surface area contributed by atoms with Crippen molar-refractivity contribution in [2.75, 3.05) is 0 Å². The summed E-state index contributed by atoms with van der Waals surface area (Å²) in [5.74, 6) is 1.76. The molecule has 0 spiro atoms. The van der Waals surface area contributed by atoms with Crippen molar-refractivity contribution in [3.63, 3.8) is 0 Å². The van der Waals surface area contributed by atoms with E-state index < -0.39 is 0 Å². The molecule has 152 valence electrons. The molecule has 6 nitrogen and oxygen atoms in total. The fourth-order valence-corrected chi connectivity index (χ4v) is 5.49. The third kappa shape index (κ3) is 4.77. The first kappa shape index (κ1) is 20.5. The second kappa shape index (κ2) is 9.39. The summed E-state index contributed by atoms with van der Waals surface area (Å²) in [6, 6.07) is 21.0. The molecule has 0 fully saturated rings. The number of aryl methyl sites for hydroxylation is 1. The molecule has 3 heterocycles. The standard InChI is InChI=1S/C23H21N6S.Tl/c1-2-7-17(8-3-1)15-30-23-28-27-22(21-13-18-9-4-5-11-20(18)26-21)29(23)12-6-10-19-14-24-16-25-19;/h1-5,7-9,11,13-14,16,26H,6,10,12,15H2;/q-1;+1. The number of hydrogen-bond donors (Lipinski definition) is 1. The van der Waals surface area contributed by atoms with Crippen molar-refractivity contribution in [2.24, 2.45) is 0 Å². The molecule has 0 saturated heterocycles. The number of para-hydroxylation sites is 1. The van der Waals surface area contributed by atoms with Crippen LogP contribution in [-0.2, 0) is 18.7 Å². The Labute approximate surface area is 201 Å². The van der Waals surface area contributed by atoms with Crippen LogP contribution in [-0.4, -0.2) is 53.2 Å². The minimum absolute atomic E-state index is 0.763. The Morgan fingerprint density at radius 3 is 2.65 bits per heavy atom.